The van der Waals surface area contributed by atoms with Crippen molar-refractivity contribution in [2.75, 3.05) is 27.3 Å². The molecule has 60 heavy (non-hydrogen) atoms. The average molecular weight is 802 g/mol. The topological polar surface area (TPSA) is 91.7 Å². The number of fused-ring (bicyclic) bond motifs is 2. The van der Waals surface area contributed by atoms with E-state index in [9.17, 15) is 0 Å². The molecule has 0 aliphatic carbocycles. The Bertz CT molecular complexity index is 2550. The van der Waals surface area contributed by atoms with Crippen LogP contribution in [0.5, 0.6) is 23.3 Å². The summed E-state index contributed by atoms with van der Waals surface area (Å²) in [6.07, 6.45) is 5.11. The van der Waals surface area contributed by atoms with Gasteiger partial charge in [-0.1, -0.05) is 94.8 Å². The number of rotatable bonds is 14. The van der Waals surface area contributed by atoms with Gasteiger partial charge in [0.25, 0.3) is 0 Å². The van der Waals surface area contributed by atoms with Gasteiger partial charge in [0.15, 0.2) is 5.82 Å². The van der Waals surface area contributed by atoms with Crippen LogP contribution in [0.1, 0.15) is 70.8 Å². The fourth-order valence-electron chi connectivity index (χ4n) is 8.69. The van der Waals surface area contributed by atoms with E-state index >= 15 is 0 Å². The molecule has 4 aromatic carbocycles. The molecule has 9 heteroatoms. The number of benzene rings is 4. The van der Waals surface area contributed by atoms with Crippen LogP contribution in [0.3, 0.4) is 0 Å². The molecular formula is C51H55N5O4. The van der Waals surface area contributed by atoms with Crippen molar-refractivity contribution in [1.82, 2.24) is 24.8 Å². The number of methoxy groups -OCH3 is 2. The Kier molecular flexibility index (Phi) is 12.2. The second kappa shape index (κ2) is 18.1. The zero-order valence-electron chi connectivity index (χ0n) is 35.7. The first-order valence-electron chi connectivity index (χ1n) is 21.2. The minimum atomic E-state index is -0.458. The maximum absolute atomic E-state index is 7.56. The minimum absolute atomic E-state index is 0.0342. The lowest BCUT2D eigenvalue weighted by molar-refractivity contribution is 0.0279. The standard InChI is InChI=1S/C51H55N5O4/c1-8-35-31-56(28-25-33(35)4)34(5)48(41-24-27-53-45-22-20-39(58-7)30-43(41)45)60-51-46(36-15-11-9-12-16-36)50(54-49(55-51)37-17-13-10-14-18-37)59-47(32(2)3)40-23-26-52-44-21-19-38(57-6)29-42(40)44/h9-24,26-27,29-30,32-35,47-48H,8,25,28,31H2,1-7H3. The number of pyridine rings is 2. The fourth-order valence-corrected chi connectivity index (χ4v) is 8.69. The van der Waals surface area contributed by atoms with Crippen molar-refractivity contribution in [3.63, 3.8) is 0 Å². The number of hydrogen-bond donors (Lipinski definition) is 0. The summed E-state index contributed by atoms with van der Waals surface area (Å²) in [5, 5.41) is 1.93. The van der Waals surface area contributed by atoms with E-state index in [2.05, 4.69) is 68.8 Å². The van der Waals surface area contributed by atoms with Crippen molar-refractivity contribution >= 4 is 21.8 Å². The molecule has 5 unspecified atom stereocenters. The Morgan fingerprint density at radius 1 is 0.667 bits per heavy atom. The van der Waals surface area contributed by atoms with Gasteiger partial charge in [-0.2, -0.15) is 9.97 Å². The zero-order chi connectivity index (χ0) is 41.8. The molecule has 0 amide bonds. The summed E-state index contributed by atoms with van der Waals surface area (Å²) in [5.74, 6) is 4.20. The van der Waals surface area contributed by atoms with Gasteiger partial charge in [-0.15, -0.1) is 0 Å². The van der Waals surface area contributed by atoms with E-state index in [4.69, 9.17) is 33.9 Å². The van der Waals surface area contributed by atoms with Gasteiger partial charge in [0.2, 0.25) is 11.8 Å². The molecule has 5 atom stereocenters. The Morgan fingerprint density at radius 3 is 1.73 bits per heavy atom. The summed E-state index contributed by atoms with van der Waals surface area (Å²) in [7, 11) is 3.38. The second-order valence-corrected chi connectivity index (χ2v) is 16.3. The Balaban J connectivity index is 1.35. The Morgan fingerprint density at radius 2 is 1.20 bits per heavy atom. The van der Waals surface area contributed by atoms with E-state index in [0.29, 0.717) is 35.0 Å². The maximum Gasteiger partial charge on any atom is 0.229 e. The summed E-state index contributed by atoms with van der Waals surface area (Å²) < 4.78 is 26.3. The molecule has 9 nitrogen and oxygen atoms in total. The second-order valence-electron chi connectivity index (χ2n) is 16.3. The van der Waals surface area contributed by atoms with Crippen LogP contribution in [-0.2, 0) is 0 Å². The van der Waals surface area contributed by atoms with Crippen LogP contribution in [0.4, 0.5) is 0 Å². The average Bonchev–Trinajstić information content (AvgIpc) is 3.29. The van der Waals surface area contributed by atoms with Crippen molar-refractivity contribution in [2.45, 2.75) is 65.7 Å². The summed E-state index contributed by atoms with van der Waals surface area (Å²) in [6, 6.07) is 36.3. The quantitative estimate of drug-likeness (QED) is 0.107. The van der Waals surface area contributed by atoms with Gasteiger partial charge in [0.05, 0.1) is 25.3 Å². The van der Waals surface area contributed by atoms with Crippen LogP contribution in [0.15, 0.2) is 122 Å². The lowest BCUT2D eigenvalue weighted by Gasteiger charge is -2.42. The van der Waals surface area contributed by atoms with Crippen molar-refractivity contribution in [1.29, 1.82) is 0 Å². The van der Waals surface area contributed by atoms with E-state index < -0.39 is 12.2 Å². The van der Waals surface area contributed by atoms with E-state index in [1.165, 1.54) is 0 Å². The molecule has 0 radical (unpaired) electrons. The van der Waals surface area contributed by atoms with Crippen LogP contribution in [0.25, 0.3) is 44.3 Å². The van der Waals surface area contributed by atoms with Gasteiger partial charge in [-0.25, -0.2) is 0 Å². The molecule has 8 rings (SSSR count). The fraction of sp³-hybridized carbons (Fsp3) is 0.333. The Labute approximate surface area is 353 Å². The molecule has 4 heterocycles. The largest absolute Gasteiger partial charge is 0.497 e. The number of likely N-dealkylation sites (tertiary alicyclic amines) is 1. The third-order valence-corrected chi connectivity index (χ3v) is 12.3. The third-order valence-electron chi connectivity index (χ3n) is 12.3. The maximum atomic E-state index is 7.56. The number of aromatic nitrogens is 4. The summed E-state index contributed by atoms with van der Waals surface area (Å²) in [6.45, 7) is 13.3. The lowest BCUT2D eigenvalue weighted by atomic mass is 9.84. The summed E-state index contributed by atoms with van der Waals surface area (Å²) >= 11 is 0. The predicted octanol–water partition coefficient (Wildman–Crippen LogP) is 11.6. The molecule has 3 aromatic heterocycles. The highest BCUT2D eigenvalue weighted by Gasteiger charge is 2.36. The summed E-state index contributed by atoms with van der Waals surface area (Å²) in [4.78, 5) is 22.7. The monoisotopic (exact) mass is 801 g/mol. The van der Waals surface area contributed by atoms with Crippen molar-refractivity contribution in [3.05, 3.63) is 133 Å². The highest BCUT2D eigenvalue weighted by Crippen LogP contribution is 2.45. The highest BCUT2D eigenvalue weighted by atomic mass is 16.5. The molecular weight excluding hydrogens is 747 g/mol. The first-order chi connectivity index (χ1) is 29.3. The molecule has 1 saturated heterocycles. The Hall–Kier alpha value is -6.06. The van der Waals surface area contributed by atoms with Gasteiger partial charge < -0.3 is 18.9 Å². The molecule has 0 saturated carbocycles. The van der Waals surface area contributed by atoms with Gasteiger partial charge >= 0.3 is 0 Å². The van der Waals surface area contributed by atoms with Gasteiger partial charge in [0, 0.05) is 52.4 Å². The van der Waals surface area contributed by atoms with Crippen LogP contribution in [-0.4, -0.2) is 58.2 Å². The molecule has 7 aromatic rings. The normalized spacial score (nSPS) is 17.3. The molecule has 1 fully saturated rings. The molecule has 0 bridgehead atoms. The highest BCUT2D eigenvalue weighted by molar-refractivity contribution is 5.85. The summed E-state index contributed by atoms with van der Waals surface area (Å²) in [5.41, 5.74) is 6.15. The lowest BCUT2D eigenvalue weighted by Crippen LogP contribution is -2.47. The molecule has 1 aliphatic heterocycles. The van der Waals surface area contributed by atoms with Gasteiger partial charge in [-0.3, -0.25) is 14.9 Å². The van der Waals surface area contributed by atoms with E-state index in [0.717, 1.165) is 81.5 Å². The number of piperidine rings is 1. The minimum Gasteiger partial charge on any atom is -0.497 e. The van der Waals surface area contributed by atoms with Gasteiger partial charge in [-0.05, 0) is 91.7 Å². The van der Waals surface area contributed by atoms with Crippen molar-refractivity contribution in [3.8, 4) is 45.8 Å². The SMILES string of the molecule is CCC1CN(C(C)C(Oc2nc(-c3ccccc3)nc(OC(c3ccnc4ccc(OC)cc34)C(C)C)c2-c2ccccc2)c2ccnc3ccc(OC)cc23)CCC1C. The number of hydrogen-bond acceptors (Lipinski definition) is 9. The van der Waals surface area contributed by atoms with E-state index in [1.54, 1.807) is 14.2 Å². The number of ether oxygens (including phenoxy) is 4. The first-order valence-corrected chi connectivity index (χ1v) is 21.2. The third kappa shape index (κ3) is 8.36. The van der Waals surface area contributed by atoms with Crippen LogP contribution < -0.4 is 18.9 Å². The van der Waals surface area contributed by atoms with Crippen LogP contribution >= 0.6 is 0 Å². The smallest absolute Gasteiger partial charge is 0.229 e. The van der Waals surface area contributed by atoms with Gasteiger partial charge in [0.1, 0.15) is 29.3 Å². The molecule has 1 aliphatic rings. The first kappa shape index (κ1) is 40.7. The zero-order valence-corrected chi connectivity index (χ0v) is 35.7. The van der Waals surface area contributed by atoms with Crippen molar-refractivity contribution < 1.29 is 18.9 Å². The molecule has 0 N–H and O–H groups in total. The molecule has 308 valence electrons. The van der Waals surface area contributed by atoms with Crippen LogP contribution in [0.2, 0.25) is 0 Å². The van der Waals surface area contributed by atoms with E-state index in [-0.39, 0.29) is 12.0 Å². The van der Waals surface area contributed by atoms with Crippen LogP contribution in [0, 0.1) is 17.8 Å². The number of nitrogens with zero attached hydrogens (tertiary/aromatic N) is 5. The predicted molar refractivity (Wildman–Crippen MR) is 240 cm³/mol. The van der Waals surface area contributed by atoms with E-state index in [1.807, 2.05) is 97.3 Å². The van der Waals surface area contributed by atoms with Crippen molar-refractivity contribution in [2.24, 2.45) is 17.8 Å². The molecule has 0 spiro atoms.